The van der Waals surface area contributed by atoms with Crippen molar-refractivity contribution in [1.29, 1.82) is 0 Å². The summed E-state index contributed by atoms with van der Waals surface area (Å²) in [4.78, 5) is 11.0. The second kappa shape index (κ2) is 4.37. The standard InChI is InChI=1S/C13H16O4/c1-17-13(8-12(15)16)6-2-3-9-4-5-10(14)7-11(9)13/h4-5,7,14H,2-3,6,8H2,1H3,(H,15,16). The average Bonchev–Trinajstić information content (AvgIpc) is 2.29. The number of aliphatic carboxylic acids is 1. The van der Waals surface area contributed by atoms with Gasteiger partial charge in [0.15, 0.2) is 0 Å². The molecule has 0 amide bonds. The van der Waals surface area contributed by atoms with Gasteiger partial charge in [-0.1, -0.05) is 6.07 Å². The predicted octanol–water partition coefficient (Wildman–Crippen LogP) is 2.04. The van der Waals surface area contributed by atoms with Gasteiger partial charge in [0.2, 0.25) is 0 Å². The van der Waals surface area contributed by atoms with Crippen molar-refractivity contribution in [1.82, 2.24) is 0 Å². The number of hydrogen-bond acceptors (Lipinski definition) is 3. The largest absolute Gasteiger partial charge is 0.508 e. The predicted molar refractivity (Wildman–Crippen MR) is 62.0 cm³/mol. The maximum Gasteiger partial charge on any atom is 0.306 e. The van der Waals surface area contributed by atoms with Gasteiger partial charge in [0.1, 0.15) is 11.4 Å². The van der Waals surface area contributed by atoms with Crippen molar-refractivity contribution in [3.05, 3.63) is 29.3 Å². The number of ether oxygens (including phenoxy) is 1. The first-order valence-electron chi connectivity index (χ1n) is 5.67. The Morgan fingerprint density at radius 1 is 1.53 bits per heavy atom. The number of carboxylic acid groups (broad SMARTS) is 1. The van der Waals surface area contributed by atoms with Crippen molar-refractivity contribution in [2.24, 2.45) is 0 Å². The first-order valence-corrected chi connectivity index (χ1v) is 5.67. The Kier molecular flexibility index (Phi) is 3.07. The molecule has 1 aromatic rings. The van der Waals surface area contributed by atoms with Crippen LogP contribution in [-0.4, -0.2) is 23.3 Å². The minimum Gasteiger partial charge on any atom is -0.508 e. The quantitative estimate of drug-likeness (QED) is 0.842. The normalized spacial score (nSPS) is 23.1. The first kappa shape index (κ1) is 11.9. The molecule has 2 rings (SSSR count). The highest BCUT2D eigenvalue weighted by atomic mass is 16.5. The van der Waals surface area contributed by atoms with Crippen LogP contribution in [0.4, 0.5) is 0 Å². The molecule has 0 saturated carbocycles. The number of aromatic hydroxyl groups is 1. The molecule has 4 heteroatoms. The van der Waals surface area contributed by atoms with E-state index in [1.54, 1.807) is 12.1 Å². The zero-order valence-corrected chi connectivity index (χ0v) is 9.77. The maximum atomic E-state index is 11.0. The molecular weight excluding hydrogens is 220 g/mol. The molecule has 1 aromatic carbocycles. The SMILES string of the molecule is COC1(CC(=O)O)CCCc2ccc(O)cc21. The van der Waals surface area contributed by atoms with Gasteiger partial charge in [-0.3, -0.25) is 4.79 Å². The first-order chi connectivity index (χ1) is 8.07. The van der Waals surface area contributed by atoms with Gasteiger partial charge >= 0.3 is 5.97 Å². The number of phenolic OH excluding ortho intramolecular Hbond substituents is 1. The van der Waals surface area contributed by atoms with E-state index in [2.05, 4.69) is 0 Å². The topological polar surface area (TPSA) is 66.8 Å². The number of carboxylic acids is 1. The van der Waals surface area contributed by atoms with Gasteiger partial charge in [-0.2, -0.15) is 0 Å². The third-order valence-electron chi connectivity index (χ3n) is 3.44. The molecule has 0 spiro atoms. The van der Waals surface area contributed by atoms with Gasteiger partial charge in [-0.15, -0.1) is 0 Å². The van der Waals surface area contributed by atoms with Gasteiger partial charge in [-0.05, 0) is 42.5 Å². The smallest absolute Gasteiger partial charge is 0.306 e. The Morgan fingerprint density at radius 2 is 2.29 bits per heavy atom. The van der Waals surface area contributed by atoms with Crippen LogP contribution in [0, 0.1) is 0 Å². The lowest BCUT2D eigenvalue weighted by atomic mass is 9.77. The van der Waals surface area contributed by atoms with Gasteiger partial charge < -0.3 is 14.9 Å². The summed E-state index contributed by atoms with van der Waals surface area (Å²) in [6, 6.07) is 5.10. The molecule has 0 radical (unpaired) electrons. The Bertz CT molecular complexity index is 441. The summed E-state index contributed by atoms with van der Waals surface area (Å²) < 4.78 is 5.48. The minimum absolute atomic E-state index is 0.0695. The van der Waals surface area contributed by atoms with Crippen molar-refractivity contribution in [3.63, 3.8) is 0 Å². The molecule has 1 atom stereocenters. The maximum absolute atomic E-state index is 11.0. The van der Waals surface area contributed by atoms with Crippen molar-refractivity contribution >= 4 is 5.97 Å². The van der Waals surface area contributed by atoms with Gasteiger partial charge in [0, 0.05) is 7.11 Å². The van der Waals surface area contributed by atoms with Gasteiger partial charge in [0.25, 0.3) is 0 Å². The number of rotatable bonds is 3. The number of carbonyl (C=O) groups is 1. The number of hydrogen-bond donors (Lipinski definition) is 2. The lowest BCUT2D eigenvalue weighted by molar-refractivity contribution is -0.145. The number of benzene rings is 1. The van der Waals surface area contributed by atoms with E-state index in [1.807, 2.05) is 6.07 Å². The van der Waals surface area contributed by atoms with Crippen LogP contribution in [-0.2, 0) is 21.6 Å². The molecule has 0 fully saturated rings. The van der Waals surface area contributed by atoms with Crippen LogP contribution in [0.5, 0.6) is 5.75 Å². The molecule has 4 nitrogen and oxygen atoms in total. The van der Waals surface area contributed by atoms with Crippen LogP contribution < -0.4 is 0 Å². The van der Waals surface area contributed by atoms with E-state index in [0.29, 0.717) is 6.42 Å². The van der Waals surface area contributed by atoms with E-state index in [-0.39, 0.29) is 12.2 Å². The summed E-state index contributed by atoms with van der Waals surface area (Å²) in [7, 11) is 1.53. The molecule has 0 bridgehead atoms. The van der Waals surface area contributed by atoms with Crippen LogP contribution in [0.2, 0.25) is 0 Å². The van der Waals surface area contributed by atoms with Crippen molar-refractivity contribution in [3.8, 4) is 5.75 Å². The molecule has 1 aliphatic rings. The number of fused-ring (bicyclic) bond motifs is 1. The van der Waals surface area contributed by atoms with Crippen molar-refractivity contribution in [2.75, 3.05) is 7.11 Å². The molecule has 0 aromatic heterocycles. The number of aryl methyl sites for hydroxylation is 1. The Balaban J connectivity index is 2.49. The van der Waals surface area contributed by atoms with Crippen LogP contribution >= 0.6 is 0 Å². The summed E-state index contributed by atoms with van der Waals surface area (Å²) in [5.41, 5.74) is 1.09. The average molecular weight is 236 g/mol. The van der Waals surface area contributed by atoms with E-state index in [1.165, 1.54) is 7.11 Å². The zero-order valence-electron chi connectivity index (χ0n) is 9.77. The number of methoxy groups -OCH3 is 1. The third kappa shape index (κ3) is 2.13. The summed E-state index contributed by atoms with van der Waals surface area (Å²) >= 11 is 0. The highest BCUT2D eigenvalue weighted by molar-refractivity contribution is 5.69. The highest BCUT2D eigenvalue weighted by Crippen LogP contribution is 2.41. The van der Waals surface area contributed by atoms with Crippen LogP contribution in [0.3, 0.4) is 0 Å². The van der Waals surface area contributed by atoms with Crippen LogP contribution in [0.25, 0.3) is 0 Å². The van der Waals surface area contributed by atoms with E-state index >= 15 is 0 Å². The molecule has 92 valence electrons. The van der Waals surface area contributed by atoms with Crippen LogP contribution in [0.15, 0.2) is 18.2 Å². The van der Waals surface area contributed by atoms with E-state index in [9.17, 15) is 9.90 Å². The summed E-state index contributed by atoms with van der Waals surface area (Å²) in [5.74, 6) is -0.736. The highest BCUT2D eigenvalue weighted by Gasteiger charge is 2.38. The summed E-state index contributed by atoms with van der Waals surface area (Å²) in [5, 5.41) is 18.6. The fourth-order valence-corrected chi connectivity index (χ4v) is 2.62. The van der Waals surface area contributed by atoms with E-state index < -0.39 is 11.6 Å². The Hall–Kier alpha value is -1.55. The second-order valence-corrected chi connectivity index (χ2v) is 4.46. The molecular formula is C13H16O4. The van der Waals surface area contributed by atoms with E-state index in [4.69, 9.17) is 9.84 Å². The molecule has 0 heterocycles. The third-order valence-corrected chi connectivity index (χ3v) is 3.44. The lowest BCUT2D eigenvalue weighted by Gasteiger charge is -2.37. The van der Waals surface area contributed by atoms with Crippen LogP contribution in [0.1, 0.15) is 30.4 Å². The van der Waals surface area contributed by atoms with Gasteiger partial charge in [-0.25, -0.2) is 0 Å². The van der Waals surface area contributed by atoms with E-state index in [0.717, 1.165) is 24.0 Å². The fourth-order valence-electron chi connectivity index (χ4n) is 2.62. The molecule has 1 unspecified atom stereocenters. The molecule has 2 N–H and O–H groups in total. The Labute approximate surface area is 99.8 Å². The molecule has 17 heavy (non-hydrogen) atoms. The monoisotopic (exact) mass is 236 g/mol. The lowest BCUT2D eigenvalue weighted by Crippen LogP contribution is -2.35. The van der Waals surface area contributed by atoms with Crippen molar-refractivity contribution < 1.29 is 19.7 Å². The van der Waals surface area contributed by atoms with Gasteiger partial charge in [0.05, 0.1) is 6.42 Å². The molecule has 0 saturated heterocycles. The summed E-state index contributed by atoms with van der Waals surface area (Å²) in [6.07, 6.45) is 2.41. The summed E-state index contributed by atoms with van der Waals surface area (Å²) in [6.45, 7) is 0. The fraction of sp³-hybridized carbons (Fsp3) is 0.462. The zero-order chi connectivity index (χ0) is 12.5. The molecule has 0 aliphatic heterocycles. The minimum atomic E-state index is -0.886. The second-order valence-electron chi connectivity index (χ2n) is 4.46. The number of phenols is 1. The van der Waals surface area contributed by atoms with Crippen molar-refractivity contribution in [2.45, 2.75) is 31.3 Å². The molecule has 1 aliphatic carbocycles. The Morgan fingerprint density at radius 3 is 2.94 bits per heavy atom.